The van der Waals surface area contributed by atoms with Crippen LogP contribution in [0.5, 0.6) is 0 Å². The summed E-state index contributed by atoms with van der Waals surface area (Å²) in [5.74, 6) is 0. The topological polar surface area (TPSA) is 91.4 Å². The van der Waals surface area contributed by atoms with E-state index in [2.05, 4.69) is 10.5 Å². The average molecular weight is 206 g/mol. The minimum Gasteiger partial charge on any atom is -0.307 e. The molecule has 0 aliphatic rings. The van der Waals surface area contributed by atoms with Crippen molar-refractivity contribution in [1.82, 2.24) is 5.43 Å². The van der Waals surface area contributed by atoms with E-state index in [0.717, 1.165) is 11.8 Å². The number of hydrogen-bond acceptors (Lipinski definition) is 5. The van der Waals surface area contributed by atoms with E-state index < -0.39 is 4.92 Å². The zero-order valence-electron chi connectivity index (χ0n) is 7.88. The minimum atomic E-state index is -0.440. The summed E-state index contributed by atoms with van der Waals surface area (Å²) < 4.78 is 0. The zero-order valence-corrected chi connectivity index (χ0v) is 7.88. The van der Waals surface area contributed by atoms with Gasteiger partial charge in [-0.1, -0.05) is 12.1 Å². The van der Waals surface area contributed by atoms with Crippen LogP contribution in [0.2, 0.25) is 0 Å². The Balaban J connectivity index is 2.53. The standard InChI is InChI=1S/C9H10N4O2/c10-5-6-11-12-7-8-1-3-9(4-2-8)13(14)15/h1-6,10,12H,7H2. The molecule has 0 spiro atoms. The first kappa shape index (κ1) is 10.8. The highest BCUT2D eigenvalue weighted by molar-refractivity contribution is 6.14. The Hall–Kier alpha value is -2.24. The van der Waals surface area contributed by atoms with Crippen LogP contribution in [0.3, 0.4) is 0 Å². The summed E-state index contributed by atoms with van der Waals surface area (Å²) in [5.41, 5.74) is 3.66. The Morgan fingerprint density at radius 1 is 1.47 bits per heavy atom. The largest absolute Gasteiger partial charge is 0.307 e. The number of nitro groups is 1. The lowest BCUT2D eigenvalue weighted by Gasteiger charge is -1.99. The van der Waals surface area contributed by atoms with Crippen LogP contribution in [-0.4, -0.2) is 17.4 Å². The monoisotopic (exact) mass is 206 g/mol. The summed E-state index contributed by atoms with van der Waals surface area (Å²) in [6, 6.07) is 6.20. The van der Waals surface area contributed by atoms with Crippen LogP contribution >= 0.6 is 0 Å². The van der Waals surface area contributed by atoms with Gasteiger partial charge in [-0.15, -0.1) is 0 Å². The molecule has 6 heteroatoms. The van der Waals surface area contributed by atoms with Crippen LogP contribution < -0.4 is 5.43 Å². The maximum Gasteiger partial charge on any atom is 0.269 e. The van der Waals surface area contributed by atoms with Crippen LogP contribution in [0.25, 0.3) is 0 Å². The molecular weight excluding hydrogens is 196 g/mol. The predicted octanol–water partition coefficient (Wildman–Crippen LogP) is 1.32. The molecule has 0 fully saturated rings. The lowest BCUT2D eigenvalue weighted by molar-refractivity contribution is -0.384. The minimum absolute atomic E-state index is 0.0711. The molecule has 0 aliphatic carbocycles. The lowest BCUT2D eigenvalue weighted by Crippen LogP contribution is -2.05. The normalized spacial score (nSPS) is 10.1. The molecule has 0 saturated heterocycles. The van der Waals surface area contributed by atoms with Crippen molar-refractivity contribution in [2.24, 2.45) is 5.10 Å². The van der Waals surface area contributed by atoms with Crippen LogP contribution in [0.1, 0.15) is 5.56 Å². The Bertz CT molecular complexity index is 372. The second-order valence-corrected chi connectivity index (χ2v) is 2.70. The van der Waals surface area contributed by atoms with E-state index in [0.29, 0.717) is 6.54 Å². The fourth-order valence-electron chi connectivity index (χ4n) is 0.962. The molecule has 15 heavy (non-hydrogen) atoms. The van der Waals surface area contributed by atoms with Crippen molar-refractivity contribution in [3.8, 4) is 0 Å². The van der Waals surface area contributed by atoms with Crippen molar-refractivity contribution in [2.75, 3.05) is 0 Å². The number of rotatable bonds is 5. The van der Waals surface area contributed by atoms with Crippen molar-refractivity contribution in [3.63, 3.8) is 0 Å². The molecular formula is C9H10N4O2. The highest BCUT2D eigenvalue weighted by Crippen LogP contribution is 2.11. The Labute approximate surface area is 86.3 Å². The molecule has 0 unspecified atom stereocenters. The number of nitrogens with one attached hydrogen (secondary N) is 2. The van der Waals surface area contributed by atoms with Crippen LogP contribution in [0.15, 0.2) is 29.4 Å². The van der Waals surface area contributed by atoms with Gasteiger partial charge in [-0.05, 0) is 5.56 Å². The number of hydrogen-bond donors (Lipinski definition) is 2. The van der Waals surface area contributed by atoms with Crippen molar-refractivity contribution in [3.05, 3.63) is 39.9 Å². The summed E-state index contributed by atoms with van der Waals surface area (Å²) in [6.45, 7) is 0.475. The third-order valence-electron chi connectivity index (χ3n) is 1.67. The molecule has 78 valence electrons. The smallest absolute Gasteiger partial charge is 0.269 e. The Kier molecular flexibility index (Phi) is 3.96. The van der Waals surface area contributed by atoms with Gasteiger partial charge in [0.25, 0.3) is 5.69 Å². The molecule has 0 heterocycles. The van der Waals surface area contributed by atoms with Gasteiger partial charge in [0.05, 0.1) is 17.7 Å². The molecule has 6 nitrogen and oxygen atoms in total. The molecule has 0 amide bonds. The first-order valence-corrected chi connectivity index (χ1v) is 4.22. The Morgan fingerprint density at radius 2 is 2.13 bits per heavy atom. The second-order valence-electron chi connectivity index (χ2n) is 2.70. The summed E-state index contributed by atoms with van der Waals surface area (Å²) in [6.07, 6.45) is 2.37. The summed E-state index contributed by atoms with van der Waals surface area (Å²) in [5, 5.41) is 20.7. The highest BCUT2D eigenvalue weighted by Gasteiger charge is 2.02. The highest BCUT2D eigenvalue weighted by atomic mass is 16.6. The molecule has 1 aromatic rings. The number of nitrogens with zero attached hydrogens (tertiary/aromatic N) is 2. The molecule has 0 radical (unpaired) electrons. The van der Waals surface area contributed by atoms with Gasteiger partial charge in [0.1, 0.15) is 0 Å². The average Bonchev–Trinajstić information content (AvgIpc) is 2.25. The third-order valence-corrected chi connectivity index (χ3v) is 1.67. The quantitative estimate of drug-likeness (QED) is 0.432. The van der Waals surface area contributed by atoms with E-state index in [9.17, 15) is 10.1 Å². The number of non-ortho nitro benzene ring substituents is 1. The molecule has 0 atom stereocenters. The van der Waals surface area contributed by atoms with Gasteiger partial charge in [-0.25, -0.2) is 0 Å². The number of hydrazone groups is 1. The van der Waals surface area contributed by atoms with Gasteiger partial charge in [-0.2, -0.15) is 5.10 Å². The molecule has 1 rings (SSSR count). The molecule has 0 aromatic heterocycles. The van der Waals surface area contributed by atoms with Gasteiger partial charge in [0, 0.05) is 18.3 Å². The summed E-state index contributed by atoms with van der Waals surface area (Å²) in [7, 11) is 0. The van der Waals surface area contributed by atoms with E-state index in [4.69, 9.17) is 5.41 Å². The van der Waals surface area contributed by atoms with Gasteiger partial charge >= 0.3 is 0 Å². The summed E-state index contributed by atoms with van der Waals surface area (Å²) >= 11 is 0. The van der Waals surface area contributed by atoms with E-state index in [-0.39, 0.29) is 5.69 Å². The van der Waals surface area contributed by atoms with Gasteiger partial charge < -0.3 is 10.8 Å². The zero-order chi connectivity index (χ0) is 11.1. The number of nitro benzene ring substituents is 1. The maximum atomic E-state index is 10.4. The van der Waals surface area contributed by atoms with E-state index >= 15 is 0 Å². The predicted molar refractivity (Wildman–Crippen MR) is 57.2 cm³/mol. The second kappa shape index (κ2) is 5.48. The van der Waals surface area contributed by atoms with Crippen molar-refractivity contribution in [2.45, 2.75) is 6.54 Å². The molecule has 0 aliphatic heterocycles. The van der Waals surface area contributed by atoms with Gasteiger partial charge in [-0.3, -0.25) is 10.1 Å². The third kappa shape index (κ3) is 3.55. The lowest BCUT2D eigenvalue weighted by atomic mass is 10.2. The molecule has 1 aromatic carbocycles. The maximum absolute atomic E-state index is 10.4. The SMILES string of the molecule is N=CC=NNCc1ccc([N+](=O)[O-])cc1. The van der Waals surface area contributed by atoms with Crippen molar-refractivity contribution >= 4 is 18.1 Å². The molecule has 2 N–H and O–H groups in total. The first-order chi connectivity index (χ1) is 7.24. The van der Waals surface area contributed by atoms with Gasteiger partial charge in [0.2, 0.25) is 0 Å². The molecule has 0 bridgehead atoms. The Morgan fingerprint density at radius 3 is 2.67 bits per heavy atom. The van der Waals surface area contributed by atoms with Crippen LogP contribution in [0, 0.1) is 15.5 Å². The van der Waals surface area contributed by atoms with Crippen molar-refractivity contribution in [1.29, 1.82) is 5.41 Å². The van der Waals surface area contributed by atoms with Crippen LogP contribution in [-0.2, 0) is 6.54 Å². The summed E-state index contributed by atoms with van der Waals surface area (Å²) in [4.78, 5) is 9.91. The van der Waals surface area contributed by atoms with E-state index in [1.54, 1.807) is 12.1 Å². The van der Waals surface area contributed by atoms with Crippen molar-refractivity contribution < 1.29 is 4.92 Å². The molecule has 0 saturated carbocycles. The van der Waals surface area contributed by atoms with E-state index in [1.807, 2.05) is 0 Å². The van der Waals surface area contributed by atoms with Gasteiger partial charge in [0.15, 0.2) is 0 Å². The fourth-order valence-corrected chi connectivity index (χ4v) is 0.962. The fraction of sp³-hybridized carbons (Fsp3) is 0.111. The number of benzene rings is 1. The van der Waals surface area contributed by atoms with Crippen LogP contribution in [0.4, 0.5) is 5.69 Å². The first-order valence-electron chi connectivity index (χ1n) is 4.22. The van der Waals surface area contributed by atoms with E-state index in [1.165, 1.54) is 18.3 Å².